The second-order valence-electron chi connectivity index (χ2n) is 8.73. The van der Waals surface area contributed by atoms with E-state index in [0.29, 0.717) is 16.9 Å². The summed E-state index contributed by atoms with van der Waals surface area (Å²) in [6.07, 6.45) is 0. The SMILES string of the molecule is COC(=O)C(NC(=O)c1nc(-c2ccc(NC(=O)c3ccc(-c4ccccc4)cc3)cc2)cs1)C(C)C. The largest absolute Gasteiger partial charge is 0.467 e. The van der Waals surface area contributed by atoms with Crippen LogP contribution in [0.25, 0.3) is 22.4 Å². The molecule has 0 saturated carbocycles. The first-order chi connectivity index (χ1) is 17.9. The number of nitrogens with zero attached hydrogens (tertiary/aromatic N) is 1. The van der Waals surface area contributed by atoms with Crippen molar-refractivity contribution in [2.45, 2.75) is 19.9 Å². The van der Waals surface area contributed by atoms with E-state index >= 15 is 0 Å². The number of aromatic nitrogens is 1. The number of nitrogens with one attached hydrogen (secondary N) is 2. The number of methoxy groups -OCH3 is 1. The minimum absolute atomic E-state index is 0.125. The van der Waals surface area contributed by atoms with Crippen molar-refractivity contribution in [3.05, 3.63) is 94.8 Å². The number of carbonyl (C=O) groups is 3. The monoisotopic (exact) mass is 513 g/mol. The van der Waals surface area contributed by atoms with Gasteiger partial charge in [0.15, 0.2) is 5.01 Å². The Bertz CT molecular complexity index is 1380. The van der Waals surface area contributed by atoms with Gasteiger partial charge >= 0.3 is 5.97 Å². The lowest BCUT2D eigenvalue weighted by molar-refractivity contribution is -0.144. The van der Waals surface area contributed by atoms with Crippen LogP contribution in [-0.4, -0.2) is 35.9 Å². The number of hydrogen-bond donors (Lipinski definition) is 2. The fraction of sp³-hybridized carbons (Fsp3) is 0.172. The van der Waals surface area contributed by atoms with E-state index in [1.54, 1.807) is 29.6 Å². The molecule has 4 rings (SSSR count). The van der Waals surface area contributed by atoms with Crippen molar-refractivity contribution in [3.63, 3.8) is 0 Å². The molecule has 1 heterocycles. The summed E-state index contributed by atoms with van der Waals surface area (Å²) in [6, 6.07) is 23.9. The summed E-state index contributed by atoms with van der Waals surface area (Å²) in [4.78, 5) is 41.7. The molecule has 1 atom stereocenters. The number of rotatable bonds is 8. The van der Waals surface area contributed by atoms with Gasteiger partial charge < -0.3 is 15.4 Å². The van der Waals surface area contributed by atoms with Crippen LogP contribution in [0.1, 0.15) is 34.0 Å². The molecule has 3 aromatic carbocycles. The Morgan fingerprint density at radius 3 is 2.05 bits per heavy atom. The van der Waals surface area contributed by atoms with Gasteiger partial charge in [0.2, 0.25) is 0 Å². The Morgan fingerprint density at radius 1 is 0.811 bits per heavy atom. The number of thiazole rings is 1. The maximum Gasteiger partial charge on any atom is 0.328 e. The number of amides is 2. The van der Waals surface area contributed by atoms with E-state index < -0.39 is 17.9 Å². The summed E-state index contributed by atoms with van der Waals surface area (Å²) in [5.41, 5.74) is 4.77. The van der Waals surface area contributed by atoms with Gasteiger partial charge in [0.1, 0.15) is 6.04 Å². The molecule has 2 N–H and O–H groups in total. The zero-order valence-electron chi connectivity index (χ0n) is 20.7. The minimum Gasteiger partial charge on any atom is -0.467 e. The van der Waals surface area contributed by atoms with Crippen LogP contribution in [-0.2, 0) is 9.53 Å². The molecular formula is C29H27N3O4S. The normalized spacial score (nSPS) is 11.6. The van der Waals surface area contributed by atoms with Gasteiger partial charge in [-0.25, -0.2) is 9.78 Å². The highest BCUT2D eigenvalue weighted by molar-refractivity contribution is 7.12. The van der Waals surface area contributed by atoms with E-state index in [0.717, 1.165) is 16.7 Å². The number of hydrogen-bond acceptors (Lipinski definition) is 6. The molecule has 0 aliphatic carbocycles. The maximum atomic E-state index is 12.7. The molecule has 0 aliphatic heterocycles. The quantitative estimate of drug-likeness (QED) is 0.297. The second kappa shape index (κ2) is 11.6. The third kappa shape index (κ3) is 6.29. The molecule has 0 fully saturated rings. The average molecular weight is 514 g/mol. The van der Waals surface area contributed by atoms with Crippen molar-refractivity contribution in [2.75, 3.05) is 12.4 Å². The number of benzene rings is 3. The van der Waals surface area contributed by atoms with Gasteiger partial charge in [-0.1, -0.05) is 68.4 Å². The lowest BCUT2D eigenvalue weighted by Gasteiger charge is -2.18. The summed E-state index contributed by atoms with van der Waals surface area (Å²) in [6.45, 7) is 3.66. The average Bonchev–Trinajstić information content (AvgIpc) is 3.42. The Morgan fingerprint density at radius 2 is 1.43 bits per heavy atom. The molecule has 2 amide bonds. The zero-order valence-corrected chi connectivity index (χ0v) is 21.5. The Balaban J connectivity index is 1.39. The molecule has 37 heavy (non-hydrogen) atoms. The van der Waals surface area contributed by atoms with Crippen molar-refractivity contribution in [3.8, 4) is 22.4 Å². The van der Waals surface area contributed by atoms with Crippen LogP contribution in [0.4, 0.5) is 5.69 Å². The van der Waals surface area contributed by atoms with Crippen molar-refractivity contribution in [1.29, 1.82) is 0 Å². The summed E-state index contributed by atoms with van der Waals surface area (Å²) >= 11 is 1.19. The molecule has 0 bridgehead atoms. The summed E-state index contributed by atoms with van der Waals surface area (Å²) in [7, 11) is 1.29. The highest BCUT2D eigenvalue weighted by Gasteiger charge is 2.26. The second-order valence-corrected chi connectivity index (χ2v) is 9.59. The molecule has 7 nitrogen and oxygen atoms in total. The molecule has 8 heteroatoms. The lowest BCUT2D eigenvalue weighted by Crippen LogP contribution is -2.45. The molecule has 188 valence electrons. The van der Waals surface area contributed by atoms with Crippen LogP contribution in [0, 0.1) is 5.92 Å². The smallest absolute Gasteiger partial charge is 0.328 e. The van der Waals surface area contributed by atoms with Crippen LogP contribution < -0.4 is 10.6 Å². The Labute approximate surface area is 219 Å². The molecule has 0 aliphatic rings. The van der Waals surface area contributed by atoms with E-state index in [1.165, 1.54) is 18.4 Å². The third-order valence-electron chi connectivity index (χ3n) is 5.80. The Hall–Kier alpha value is -4.30. The summed E-state index contributed by atoms with van der Waals surface area (Å²) in [5, 5.41) is 7.63. The van der Waals surface area contributed by atoms with Gasteiger partial charge in [0.25, 0.3) is 11.8 Å². The fourth-order valence-electron chi connectivity index (χ4n) is 3.71. The molecule has 0 spiro atoms. The molecular weight excluding hydrogens is 486 g/mol. The maximum absolute atomic E-state index is 12.7. The lowest BCUT2D eigenvalue weighted by atomic mass is 10.0. The van der Waals surface area contributed by atoms with E-state index in [4.69, 9.17) is 4.74 Å². The van der Waals surface area contributed by atoms with Gasteiger partial charge in [-0.2, -0.15) is 0 Å². The van der Waals surface area contributed by atoms with Crippen LogP contribution in [0.5, 0.6) is 0 Å². The van der Waals surface area contributed by atoms with Crippen LogP contribution in [0.2, 0.25) is 0 Å². The van der Waals surface area contributed by atoms with Gasteiger partial charge in [0.05, 0.1) is 12.8 Å². The number of anilines is 1. The predicted molar refractivity (Wildman–Crippen MR) is 145 cm³/mol. The number of ether oxygens (including phenoxy) is 1. The highest BCUT2D eigenvalue weighted by Crippen LogP contribution is 2.25. The Kier molecular flexibility index (Phi) is 8.10. The van der Waals surface area contributed by atoms with Gasteiger partial charge in [-0.05, 0) is 41.3 Å². The first-order valence-corrected chi connectivity index (χ1v) is 12.6. The molecule has 4 aromatic rings. The molecule has 1 unspecified atom stereocenters. The van der Waals surface area contributed by atoms with Crippen molar-refractivity contribution in [1.82, 2.24) is 10.3 Å². The standard InChI is InChI=1S/C29H27N3O4S/c1-18(2)25(29(35)36-3)32-27(34)28-31-24(17-37-28)21-13-15-23(16-14-21)30-26(33)22-11-9-20(10-12-22)19-7-5-4-6-8-19/h4-18,25H,1-3H3,(H,30,33)(H,32,34). The zero-order chi connectivity index (χ0) is 26.4. The van der Waals surface area contributed by atoms with Crippen molar-refractivity contribution in [2.24, 2.45) is 5.92 Å². The first-order valence-electron chi connectivity index (χ1n) is 11.8. The van der Waals surface area contributed by atoms with E-state index in [1.807, 2.05) is 68.4 Å². The predicted octanol–water partition coefficient (Wildman–Crippen LogP) is 5.66. The van der Waals surface area contributed by atoms with Gasteiger partial charge in [0, 0.05) is 22.2 Å². The van der Waals surface area contributed by atoms with E-state index in [9.17, 15) is 14.4 Å². The summed E-state index contributed by atoms with van der Waals surface area (Å²) in [5.74, 6) is -1.25. The molecule has 1 aromatic heterocycles. The molecule has 0 radical (unpaired) electrons. The topological polar surface area (TPSA) is 97.4 Å². The van der Waals surface area contributed by atoms with Crippen LogP contribution in [0.15, 0.2) is 84.2 Å². The van der Waals surface area contributed by atoms with Gasteiger partial charge in [-0.3, -0.25) is 9.59 Å². The van der Waals surface area contributed by atoms with Gasteiger partial charge in [-0.15, -0.1) is 11.3 Å². The third-order valence-corrected chi connectivity index (χ3v) is 6.64. The first kappa shape index (κ1) is 25.8. The fourth-order valence-corrected chi connectivity index (χ4v) is 4.44. The van der Waals surface area contributed by atoms with E-state index in [2.05, 4.69) is 15.6 Å². The molecule has 0 saturated heterocycles. The number of esters is 1. The van der Waals surface area contributed by atoms with Crippen molar-refractivity contribution < 1.29 is 19.1 Å². The number of carbonyl (C=O) groups excluding carboxylic acids is 3. The van der Waals surface area contributed by atoms with Crippen LogP contribution in [0.3, 0.4) is 0 Å². The van der Waals surface area contributed by atoms with Crippen molar-refractivity contribution >= 4 is 34.8 Å². The minimum atomic E-state index is -0.748. The highest BCUT2D eigenvalue weighted by atomic mass is 32.1. The van der Waals surface area contributed by atoms with E-state index in [-0.39, 0.29) is 16.8 Å². The summed E-state index contributed by atoms with van der Waals surface area (Å²) < 4.78 is 4.77. The van der Waals surface area contributed by atoms with Crippen LogP contribution >= 0.6 is 11.3 Å².